The third-order valence-corrected chi connectivity index (χ3v) is 5.34. The summed E-state index contributed by atoms with van der Waals surface area (Å²) in [5.74, 6) is 1.35. The van der Waals surface area contributed by atoms with Crippen molar-refractivity contribution in [1.29, 1.82) is 5.41 Å². The third kappa shape index (κ3) is 6.78. The summed E-state index contributed by atoms with van der Waals surface area (Å²) < 4.78 is 5.83. The Morgan fingerprint density at radius 2 is 2.00 bits per heavy atom. The quantitative estimate of drug-likeness (QED) is 0.323. The largest absolute Gasteiger partial charge is 0.491 e. The highest BCUT2D eigenvalue weighted by Gasteiger charge is 2.17. The summed E-state index contributed by atoms with van der Waals surface area (Å²) in [6.45, 7) is 7.00. The van der Waals surface area contributed by atoms with Gasteiger partial charge in [0.2, 0.25) is 0 Å². The van der Waals surface area contributed by atoms with Gasteiger partial charge in [-0.25, -0.2) is 4.98 Å². The van der Waals surface area contributed by atoms with E-state index in [1.54, 1.807) is 6.20 Å². The monoisotopic (exact) mass is 461 g/mol. The molecule has 1 atom stereocenters. The summed E-state index contributed by atoms with van der Waals surface area (Å²) in [6, 6.07) is 15.8. The molecule has 180 valence electrons. The van der Waals surface area contributed by atoms with Crippen molar-refractivity contribution in [2.24, 2.45) is 0 Å². The maximum atomic E-state index is 10.0. The van der Waals surface area contributed by atoms with Crippen molar-refractivity contribution in [3.63, 3.8) is 0 Å². The van der Waals surface area contributed by atoms with Gasteiger partial charge in [-0.05, 0) is 50.6 Å². The molecule has 0 spiro atoms. The average molecular weight is 462 g/mol. The molecular formula is C27H35N5O2. The molecule has 0 aliphatic rings. The van der Waals surface area contributed by atoms with Crippen LogP contribution in [0.3, 0.4) is 0 Å². The molecule has 34 heavy (non-hydrogen) atoms. The lowest BCUT2D eigenvalue weighted by Gasteiger charge is -2.24. The van der Waals surface area contributed by atoms with Gasteiger partial charge < -0.3 is 25.5 Å². The van der Waals surface area contributed by atoms with E-state index in [4.69, 9.17) is 15.1 Å². The van der Waals surface area contributed by atoms with E-state index in [0.717, 1.165) is 34.6 Å². The maximum Gasteiger partial charge on any atom is 0.137 e. The topological polar surface area (TPSA) is 94.4 Å². The summed E-state index contributed by atoms with van der Waals surface area (Å²) in [4.78, 5) is 11.4. The fourth-order valence-electron chi connectivity index (χ4n) is 3.70. The number of pyridine rings is 2. The molecule has 7 heteroatoms. The molecule has 0 fully saturated rings. The zero-order valence-electron chi connectivity index (χ0n) is 20.5. The predicted molar refractivity (Wildman–Crippen MR) is 139 cm³/mol. The predicted octanol–water partition coefficient (Wildman–Crippen LogP) is 5.14. The molecule has 3 rings (SSSR count). The molecule has 0 bridgehead atoms. The Hall–Kier alpha value is -3.45. The molecule has 0 saturated carbocycles. The van der Waals surface area contributed by atoms with Gasteiger partial charge in [0.15, 0.2) is 0 Å². The first-order valence-corrected chi connectivity index (χ1v) is 11.8. The van der Waals surface area contributed by atoms with Crippen LogP contribution in [0.15, 0.2) is 54.7 Å². The molecule has 0 amide bonds. The first-order valence-electron chi connectivity index (χ1n) is 11.8. The van der Waals surface area contributed by atoms with Gasteiger partial charge in [0, 0.05) is 31.1 Å². The summed E-state index contributed by atoms with van der Waals surface area (Å²) in [7, 11) is 1.99. The minimum Gasteiger partial charge on any atom is -0.491 e. The highest BCUT2D eigenvalue weighted by molar-refractivity contribution is 5.94. The van der Waals surface area contributed by atoms with E-state index in [-0.39, 0.29) is 12.6 Å². The van der Waals surface area contributed by atoms with Gasteiger partial charge in [0.05, 0.1) is 35.3 Å². The second-order valence-electron chi connectivity index (χ2n) is 8.69. The SMILES string of the molecule is CCCC(O)COc1cccc(-c2cc(N(C)Cc3ccccn3)c(C=N)c(NC(C)C)n2)c1. The number of aromatic nitrogens is 2. The average Bonchev–Trinajstić information content (AvgIpc) is 2.83. The van der Waals surface area contributed by atoms with Crippen LogP contribution in [0.5, 0.6) is 5.75 Å². The van der Waals surface area contributed by atoms with Crippen LogP contribution < -0.4 is 15.0 Å². The Morgan fingerprint density at radius 3 is 2.68 bits per heavy atom. The number of hydrogen-bond acceptors (Lipinski definition) is 7. The van der Waals surface area contributed by atoms with Gasteiger partial charge >= 0.3 is 0 Å². The number of nitrogens with zero attached hydrogens (tertiary/aromatic N) is 3. The number of ether oxygens (including phenoxy) is 1. The third-order valence-electron chi connectivity index (χ3n) is 5.34. The molecular weight excluding hydrogens is 426 g/mol. The summed E-state index contributed by atoms with van der Waals surface area (Å²) in [5, 5.41) is 21.5. The summed E-state index contributed by atoms with van der Waals surface area (Å²) in [5.41, 5.74) is 4.23. The molecule has 3 aromatic rings. The minimum atomic E-state index is -0.479. The first kappa shape index (κ1) is 25.2. The smallest absolute Gasteiger partial charge is 0.137 e. The normalized spacial score (nSPS) is 11.8. The standard InChI is InChI=1S/C27H35N5O2/c1-5-9-22(33)18-34-23-12-8-10-20(14-23)25-15-26(24(16-28)27(31-25)30-19(2)3)32(4)17-21-11-6-7-13-29-21/h6-8,10-16,19,22,28,33H,5,9,17-18H2,1-4H3,(H,30,31). The Morgan fingerprint density at radius 1 is 1.18 bits per heavy atom. The molecule has 1 aromatic carbocycles. The molecule has 0 aliphatic heterocycles. The van der Waals surface area contributed by atoms with Crippen LogP contribution in [0.2, 0.25) is 0 Å². The van der Waals surface area contributed by atoms with Gasteiger partial charge in [-0.2, -0.15) is 0 Å². The fraction of sp³-hybridized carbons (Fsp3) is 0.370. The Kier molecular flexibility index (Phi) is 8.99. The van der Waals surface area contributed by atoms with Crippen LogP contribution in [0.25, 0.3) is 11.3 Å². The van der Waals surface area contributed by atoms with E-state index in [2.05, 4.69) is 29.0 Å². The van der Waals surface area contributed by atoms with Gasteiger partial charge in [-0.3, -0.25) is 4.98 Å². The number of anilines is 2. The number of rotatable bonds is 12. The molecule has 7 nitrogen and oxygen atoms in total. The van der Waals surface area contributed by atoms with Gasteiger partial charge in [-0.15, -0.1) is 0 Å². The van der Waals surface area contributed by atoms with Crippen LogP contribution in [-0.2, 0) is 6.54 Å². The number of aliphatic hydroxyl groups is 1. The zero-order chi connectivity index (χ0) is 24.5. The number of benzene rings is 1. The Labute approximate surface area is 202 Å². The molecule has 2 heterocycles. The van der Waals surface area contributed by atoms with Crippen molar-refractivity contribution in [3.05, 3.63) is 66.0 Å². The van der Waals surface area contributed by atoms with E-state index in [1.165, 1.54) is 6.21 Å². The Balaban J connectivity index is 1.98. The van der Waals surface area contributed by atoms with Crippen molar-refractivity contribution in [3.8, 4) is 17.0 Å². The zero-order valence-corrected chi connectivity index (χ0v) is 20.5. The number of hydrogen-bond donors (Lipinski definition) is 3. The second-order valence-corrected chi connectivity index (χ2v) is 8.69. The van der Waals surface area contributed by atoms with Crippen molar-refractivity contribution in [2.45, 2.75) is 52.3 Å². The fourth-order valence-corrected chi connectivity index (χ4v) is 3.70. The summed E-state index contributed by atoms with van der Waals surface area (Å²) in [6.07, 6.45) is 4.28. The molecule has 0 saturated heterocycles. The Bertz CT molecular complexity index is 1070. The van der Waals surface area contributed by atoms with Crippen molar-refractivity contribution in [1.82, 2.24) is 9.97 Å². The first-order chi connectivity index (χ1) is 16.4. The molecule has 3 N–H and O–H groups in total. The lowest BCUT2D eigenvalue weighted by Crippen LogP contribution is -2.21. The van der Waals surface area contributed by atoms with E-state index >= 15 is 0 Å². The minimum absolute atomic E-state index is 0.158. The highest BCUT2D eigenvalue weighted by atomic mass is 16.5. The van der Waals surface area contributed by atoms with Crippen LogP contribution in [-0.4, -0.2) is 47.1 Å². The second kappa shape index (κ2) is 12.1. The van der Waals surface area contributed by atoms with Gasteiger partial charge in [-0.1, -0.05) is 31.5 Å². The highest BCUT2D eigenvalue weighted by Crippen LogP contribution is 2.32. The van der Waals surface area contributed by atoms with E-state index in [9.17, 15) is 5.11 Å². The lowest BCUT2D eigenvalue weighted by molar-refractivity contribution is 0.0994. The summed E-state index contributed by atoms with van der Waals surface area (Å²) >= 11 is 0. The van der Waals surface area contributed by atoms with E-state index in [1.807, 2.05) is 62.5 Å². The molecule has 0 aliphatic carbocycles. The van der Waals surface area contributed by atoms with Crippen LogP contribution >= 0.6 is 0 Å². The number of nitrogens with one attached hydrogen (secondary N) is 2. The molecule has 2 aromatic heterocycles. The molecule has 1 unspecified atom stereocenters. The van der Waals surface area contributed by atoms with E-state index < -0.39 is 6.10 Å². The van der Waals surface area contributed by atoms with Gasteiger partial charge in [0.25, 0.3) is 0 Å². The number of aliphatic hydroxyl groups excluding tert-OH is 1. The van der Waals surface area contributed by atoms with Gasteiger partial charge in [0.1, 0.15) is 18.2 Å². The van der Waals surface area contributed by atoms with Crippen molar-refractivity contribution >= 4 is 17.7 Å². The van der Waals surface area contributed by atoms with E-state index in [0.29, 0.717) is 24.5 Å². The van der Waals surface area contributed by atoms with Crippen molar-refractivity contribution < 1.29 is 9.84 Å². The van der Waals surface area contributed by atoms with Crippen molar-refractivity contribution in [2.75, 3.05) is 23.9 Å². The molecule has 0 radical (unpaired) electrons. The maximum absolute atomic E-state index is 10.0. The van der Waals surface area contributed by atoms with Crippen LogP contribution in [0.1, 0.15) is 44.9 Å². The lowest BCUT2D eigenvalue weighted by atomic mass is 10.1. The van der Waals surface area contributed by atoms with Crippen LogP contribution in [0, 0.1) is 5.41 Å². The van der Waals surface area contributed by atoms with Crippen LogP contribution in [0.4, 0.5) is 11.5 Å².